The van der Waals surface area contributed by atoms with Gasteiger partial charge in [0.25, 0.3) is 0 Å². The van der Waals surface area contributed by atoms with Gasteiger partial charge in [0.1, 0.15) is 5.67 Å². The molecule has 2 N–H and O–H groups in total. The van der Waals surface area contributed by atoms with E-state index in [9.17, 15) is 9.18 Å². The Bertz CT molecular complexity index is 775. The van der Waals surface area contributed by atoms with Crippen LogP contribution in [0.1, 0.15) is 91.3 Å². The zero-order valence-electron chi connectivity index (χ0n) is 22.7. The van der Waals surface area contributed by atoms with Crippen LogP contribution in [-0.2, 0) is 5.67 Å². The van der Waals surface area contributed by atoms with Gasteiger partial charge in [-0.3, -0.25) is 4.90 Å². The topological polar surface area (TPSA) is 55.8 Å². The number of hydrogen-bond acceptors (Lipinski definition) is 3. The number of nitrogens with one attached hydrogen (secondary N) is 1. The fourth-order valence-electron chi connectivity index (χ4n) is 4.56. The van der Waals surface area contributed by atoms with Crippen LogP contribution in [0.15, 0.2) is 36.5 Å². The summed E-state index contributed by atoms with van der Waals surface area (Å²) in [4.78, 5) is 17.0. The summed E-state index contributed by atoms with van der Waals surface area (Å²) in [7, 11) is 1.92. The molecule has 6 heteroatoms. The third kappa shape index (κ3) is 6.82. The van der Waals surface area contributed by atoms with E-state index in [4.69, 9.17) is 5.11 Å². The normalized spacial score (nSPS) is 20.3. The third-order valence-electron chi connectivity index (χ3n) is 7.26. The maximum atomic E-state index is 14.2. The molecule has 1 heterocycles. The van der Waals surface area contributed by atoms with Crippen molar-refractivity contribution in [2.45, 2.75) is 91.4 Å². The van der Waals surface area contributed by atoms with Crippen LogP contribution in [0.5, 0.6) is 0 Å². The van der Waals surface area contributed by atoms with Crippen molar-refractivity contribution in [3.8, 4) is 0 Å². The molecule has 1 aromatic carbocycles. The molecule has 3 unspecified atom stereocenters. The first-order valence-electron chi connectivity index (χ1n) is 12.8. The first-order chi connectivity index (χ1) is 15.9. The zero-order valence-corrected chi connectivity index (χ0v) is 22.7. The largest absolute Gasteiger partial charge is 0.396 e. The van der Waals surface area contributed by atoms with E-state index in [1.807, 2.05) is 42.8 Å². The van der Waals surface area contributed by atoms with E-state index in [0.717, 1.165) is 37.1 Å². The smallest absolute Gasteiger partial charge is 0.325 e. The van der Waals surface area contributed by atoms with Gasteiger partial charge in [-0.25, -0.2) is 9.18 Å². The van der Waals surface area contributed by atoms with Gasteiger partial charge < -0.3 is 15.3 Å². The van der Waals surface area contributed by atoms with Gasteiger partial charge >= 0.3 is 6.03 Å². The monoisotopic (exact) mass is 477 g/mol. The quantitative estimate of drug-likeness (QED) is 0.388. The lowest BCUT2D eigenvalue weighted by molar-refractivity contribution is 0.153. The minimum absolute atomic E-state index is 0.00264. The van der Waals surface area contributed by atoms with Crippen LogP contribution in [0.3, 0.4) is 0 Å². The number of urea groups is 1. The summed E-state index contributed by atoms with van der Waals surface area (Å²) in [5.41, 5.74) is 0.739. The lowest BCUT2D eigenvalue weighted by atomic mass is 9.87. The van der Waals surface area contributed by atoms with Crippen molar-refractivity contribution >= 4 is 6.03 Å². The number of benzene rings is 1. The molecule has 1 aliphatic heterocycles. The Morgan fingerprint density at radius 2 is 1.76 bits per heavy atom. The van der Waals surface area contributed by atoms with Crippen molar-refractivity contribution < 1.29 is 14.3 Å². The maximum absolute atomic E-state index is 14.2. The molecule has 0 aliphatic carbocycles. The summed E-state index contributed by atoms with van der Waals surface area (Å²) < 4.78 is 14.2. The van der Waals surface area contributed by atoms with Crippen molar-refractivity contribution in [2.24, 2.45) is 5.92 Å². The third-order valence-corrected chi connectivity index (χ3v) is 7.26. The van der Waals surface area contributed by atoms with Crippen LogP contribution in [0, 0.1) is 5.92 Å². The Balaban J connectivity index is 0.000000718. The summed E-state index contributed by atoms with van der Waals surface area (Å²) in [5.74, 6) is 0.699. The maximum Gasteiger partial charge on any atom is 0.325 e. The Morgan fingerprint density at radius 3 is 2.15 bits per heavy atom. The van der Waals surface area contributed by atoms with Crippen molar-refractivity contribution in [3.05, 3.63) is 47.7 Å². The molecule has 1 aromatic rings. The van der Waals surface area contributed by atoms with Gasteiger partial charge in [-0.15, -0.1) is 0 Å². The van der Waals surface area contributed by atoms with Gasteiger partial charge in [0, 0.05) is 18.8 Å². The van der Waals surface area contributed by atoms with Crippen LogP contribution in [0.4, 0.5) is 9.18 Å². The Morgan fingerprint density at radius 1 is 1.18 bits per heavy atom. The molecule has 1 aliphatic rings. The molecule has 0 spiro atoms. The van der Waals surface area contributed by atoms with Crippen LogP contribution < -0.4 is 5.32 Å². The second-order valence-corrected chi connectivity index (χ2v) is 9.88. The SMILES string of the molecule is C=C1N(C(C)c2ccc(C(C)(C)F)cc2)C(=O)N(CC)C1(CC)CCNC.CCC(C)CCO. The Kier molecular flexibility index (Phi) is 11.7. The van der Waals surface area contributed by atoms with Crippen molar-refractivity contribution in [2.75, 3.05) is 26.7 Å². The molecular weight excluding hydrogens is 429 g/mol. The number of rotatable bonds is 11. The predicted molar refractivity (Wildman–Crippen MR) is 140 cm³/mol. The number of carbonyl (C=O) groups is 1. The molecule has 194 valence electrons. The van der Waals surface area contributed by atoms with Gasteiger partial charge in [-0.1, -0.05) is 58.0 Å². The van der Waals surface area contributed by atoms with E-state index in [2.05, 4.69) is 32.7 Å². The highest BCUT2D eigenvalue weighted by molar-refractivity contribution is 5.82. The fourth-order valence-corrected chi connectivity index (χ4v) is 4.56. The Hall–Kier alpha value is -1.92. The van der Waals surface area contributed by atoms with Gasteiger partial charge in [0.15, 0.2) is 0 Å². The second-order valence-electron chi connectivity index (χ2n) is 9.88. The summed E-state index contributed by atoms with van der Waals surface area (Å²) in [6.07, 6.45) is 3.79. The predicted octanol–water partition coefficient (Wildman–Crippen LogP) is 6.40. The van der Waals surface area contributed by atoms with E-state index in [1.54, 1.807) is 26.0 Å². The molecule has 3 atom stereocenters. The van der Waals surface area contributed by atoms with Gasteiger partial charge in [-0.05, 0) is 77.6 Å². The second kappa shape index (κ2) is 13.2. The average molecular weight is 478 g/mol. The molecule has 0 saturated carbocycles. The van der Waals surface area contributed by atoms with Crippen LogP contribution in [0.25, 0.3) is 0 Å². The molecule has 0 radical (unpaired) electrons. The molecule has 0 aromatic heterocycles. The highest BCUT2D eigenvalue weighted by Gasteiger charge is 2.52. The molecule has 34 heavy (non-hydrogen) atoms. The lowest BCUT2D eigenvalue weighted by Gasteiger charge is -2.37. The van der Waals surface area contributed by atoms with Crippen molar-refractivity contribution in [3.63, 3.8) is 0 Å². The molecular formula is C28H48FN3O2. The molecule has 2 rings (SSSR count). The van der Waals surface area contributed by atoms with E-state index in [1.165, 1.54) is 6.42 Å². The summed E-state index contributed by atoms with van der Waals surface area (Å²) >= 11 is 0. The minimum Gasteiger partial charge on any atom is -0.396 e. The van der Waals surface area contributed by atoms with E-state index in [-0.39, 0.29) is 17.6 Å². The lowest BCUT2D eigenvalue weighted by Crippen LogP contribution is -2.47. The van der Waals surface area contributed by atoms with Crippen LogP contribution in [-0.4, -0.2) is 53.2 Å². The Labute approximate surface area is 207 Å². The van der Waals surface area contributed by atoms with E-state index >= 15 is 0 Å². The van der Waals surface area contributed by atoms with Crippen LogP contribution in [0.2, 0.25) is 0 Å². The first kappa shape index (κ1) is 30.1. The van der Waals surface area contributed by atoms with E-state index < -0.39 is 5.67 Å². The number of nitrogens with zero attached hydrogens (tertiary/aromatic N) is 2. The molecule has 1 fully saturated rings. The number of likely N-dealkylation sites (N-methyl/N-ethyl adjacent to an activating group) is 1. The highest BCUT2D eigenvalue weighted by atomic mass is 19.1. The number of aliphatic hydroxyl groups is 1. The van der Waals surface area contributed by atoms with Gasteiger partial charge in [0.05, 0.1) is 11.6 Å². The van der Waals surface area contributed by atoms with E-state index in [0.29, 0.717) is 24.6 Å². The first-order valence-corrected chi connectivity index (χ1v) is 12.8. The highest BCUT2D eigenvalue weighted by Crippen LogP contribution is 2.44. The molecule has 5 nitrogen and oxygen atoms in total. The number of alkyl halides is 1. The number of amides is 2. The number of aliphatic hydroxyl groups excluding tert-OH is 1. The fraction of sp³-hybridized carbons (Fsp3) is 0.679. The molecule has 1 saturated heterocycles. The van der Waals surface area contributed by atoms with Gasteiger partial charge in [0.2, 0.25) is 0 Å². The van der Waals surface area contributed by atoms with Crippen molar-refractivity contribution in [1.29, 1.82) is 0 Å². The number of hydrogen-bond donors (Lipinski definition) is 2. The summed E-state index contributed by atoms with van der Waals surface area (Å²) in [6, 6.07) is 7.29. The summed E-state index contributed by atoms with van der Waals surface area (Å²) in [6.45, 7) is 19.7. The van der Waals surface area contributed by atoms with Crippen LogP contribution >= 0.6 is 0 Å². The standard InChI is InChI=1S/C22H34FN3O.C6H14O/c1-8-22(14-15-24-7)17(4)26(20(27)25(22)9-2)16(3)18-10-12-19(13-11-18)21(5,6)23;1-3-6(2)4-5-7/h10-13,16,24H,4,8-9,14-15H2,1-3,5-7H3;6-7H,3-5H2,1-2H3. The van der Waals surface area contributed by atoms with Gasteiger partial charge in [-0.2, -0.15) is 0 Å². The van der Waals surface area contributed by atoms with Crippen molar-refractivity contribution in [1.82, 2.24) is 15.1 Å². The molecule has 0 bridgehead atoms. The zero-order chi connectivity index (χ0) is 26.1. The minimum atomic E-state index is -1.38. The summed E-state index contributed by atoms with van der Waals surface area (Å²) in [5, 5.41) is 11.6. The average Bonchev–Trinajstić information content (AvgIpc) is 3.02. The number of carbonyl (C=O) groups excluding carboxylic acids is 1. The number of halogens is 1. The molecule has 2 amide bonds.